The fourth-order valence-electron chi connectivity index (χ4n) is 1.45. The molecular formula is C11H11FN2O. The number of benzene rings is 1. The zero-order chi connectivity index (χ0) is 10.8. The number of nitrogens with zero attached hydrogens (tertiary/aromatic N) is 1. The maximum atomic E-state index is 12.9. The van der Waals surface area contributed by atoms with Crippen LogP contribution < -0.4 is 4.74 Å². The predicted octanol–water partition coefficient (Wildman–Crippen LogP) is 2.53. The van der Waals surface area contributed by atoms with Gasteiger partial charge < -0.3 is 9.72 Å². The third-order valence-corrected chi connectivity index (χ3v) is 2.16. The molecule has 0 unspecified atom stereocenters. The number of hydrogen-bond acceptors (Lipinski definition) is 2. The van der Waals surface area contributed by atoms with E-state index in [-0.39, 0.29) is 5.82 Å². The summed E-state index contributed by atoms with van der Waals surface area (Å²) in [5.41, 5.74) is 1.63. The second-order valence-electron chi connectivity index (χ2n) is 3.23. The Morgan fingerprint density at radius 3 is 2.80 bits per heavy atom. The van der Waals surface area contributed by atoms with Gasteiger partial charge in [0.25, 0.3) is 0 Å². The molecule has 1 aromatic carbocycles. The van der Waals surface area contributed by atoms with E-state index in [1.165, 1.54) is 19.2 Å². The molecule has 3 nitrogen and oxygen atoms in total. The largest absolute Gasteiger partial charge is 0.496 e. The van der Waals surface area contributed by atoms with Gasteiger partial charge in [-0.25, -0.2) is 9.37 Å². The number of halogens is 1. The quantitative estimate of drug-likeness (QED) is 0.819. The summed E-state index contributed by atoms with van der Waals surface area (Å²) in [6.07, 6.45) is 1.70. The van der Waals surface area contributed by atoms with Gasteiger partial charge >= 0.3 is 0 Å². The van der Waals surface area contributed by atoms with E-state index in [0.717, 1.165) is 17.1 Å². The highest BCUT2D eigenvalue weighted by atomic mass is 19.1. The molecule has 0 radical (unpaired) electrons. The van der Waals surface area contributed by atoms with Crippen LogP contribution in [-0.4, -0.2) is 17.1 Å². The topological polar surface area (TPSA) is 37.9 Å². The van der Waals surface area contributed by atoms with Crippen molar-refractivity contribution >= 4 is 0 Å². The van der Waals surface area contributed by atoms with Gasteiger partial charge in [-0.05, 0) is 19.1 Å². The lowest BCUT2D eigenvalue weighted by atomic mass is 10.1. The van der Waals surface area contributed by atoms with Crippen LogP contribution >= 0.6 is 0 Å². The molecular weight excluding hydrogens is 195 g/mol. The second-order valence-corrected chi connectivity index (χ2v) is 3.23. The zero-order valence-electron chi connectivity index (χ0n) is 8.54. The fourth-order valence-corrected chi connectivity index (χ4v) is 1.45. The molecule has 1 heterocycles. The lowest BCUT2D eigenvalue weighted by Crippen LogP contribution is -1.89. The van der Waals surface area contributed by atoms with Gasteiger partial charge in [-0.1, -0.05) is 0 Å². The van der Waals surface area contributed by atoms with E-state index in [9.17, 15) is 4.39 Å². The molecule has 2 aromatic rings. The number of aromatic amines is 1. The number of aromatic nitrogens is 2. The molecule has 0 atom stereocenters. The molecule has 0 aliphatic carbocycles. The molecule has 78 valence electrons. The molecule has 0 spiro atoms. The second kappa shape index (κ2) is 3.73. The number of rotatable bonds is 2. The Hall–Kier alpha value is -1.84. The van der Waals surface area contributed by atoms with Crippen LogP contribution in [0.3, 0.4) is 0 Å². The first-order chi connectivity index (χ1) is 7.20. The standard InChI is InChI=1S/C11H11FN2O/c1-7-13-6-10(14-7)9-4-3-8(12)5-11(9)15-2/h3-6H,1-2H3,(H,13,14). The number of methoxy groups -OCH3 is 1. The Kier molecular flexibility index (Phi) is 2.41. The summed E-state index contributed by atoms with van der Waals surface area (Å²) in [5, 5.41) is 0. The Morgan fingerprint density at radius 1 is 1.40 bits per heavy atom. The summed E-state index contributed by atoms with van der Waals surface area (Å²) >= 11 is 0. The number of hydrogen-bond donors (Lipinski definition) is 1. The summed E-state index contributed by atoms with van der Waals surface area (Å²) in [6, 6.07) is 4.42. The molecule has 0 bridgehead atoms. The van der Waals surface area contributed by atoms with Crippen LogP contribution in [0.1, 0.15) is 5.82 Å². The normalized spacial score (nSPS) is 10.3. The van der Waals surface area contributed by atoms with E-state index in [1.54, 1.807) is 12.3 Å². The van der Waals surface area contributed by atoms with Crippen LogP contribution in [0.5, 0.6) is 5.75 Å². The first-order valence-corrected chi connectivity index (χ1v) is 4.56. The van der Waals surface area contributed by atoms with Crippen molar-refractivity contribution < 1.29 is 9.13 Å². The monoisotopic (exact) mass is 206 g/mol. The average Bonchev–Trinajstić information content (AvgIpc) is 2.64. The maximum Gasteiger partial charge on any atom is 0.131 e. The lowest BCUT2D eigenvalue weighted by molar-refractivity contribution is 0.413. The molecule has 1 N–H and O–H groups in total. The Balaban J connectivity index is 2.52. The number of H-pyrrole nitrogens is 1. The minimum atomic E-state index is -0.313. The van der Waals surface area contributed by atoms with Crippen LogP contribution in [-0.2, 0) is 0 Å². The predicted molar refractivity (Wildman–Crippen MR) is 55.3 cm³/mol. The van der Waals surface area contributed by atoms with Crippen LogP contribution in [0.15, 0.2) is 24.4 Å². The smallest absolute Gasteiger partial charge is 0.131 e. The summed E-state index contributed by atoms with van der Waals surface area (Å²) in [6.45, 7) is 1.86. The van der Waals surface area contributed by atoms with Gasteiger partial charge in [0.05, 0.1) is 19.0 Å². The summed E-state index contributed by atoms with van der Waals surface area (Å²) < 4.78 is 18.1. The molecule has 0 saturated carbocycles. The van der Waals surface area contributed by atoms with Crippen molar-refractivity contribution in [3.05, 3.63) is 36.0 Å². The van der Waals surface area contributed by atoms with Crippen LogP contribution in [0.4, 0.5) is 4.39 Å². The van der Waals surface area contributed by atoms with Gasteiger partial charge in [0.15, 0.2) is 0 Å². The lowest BCUT2D eigenvalue weighted by Gasteiger charge is -2.06. The van der Waals surface area contributed by atoms with Gasteiger partial charge in [-0.2, -0.15) is 0 Å². The number of aryl methyl sites for hydroxylation is 1. The van der Waals surface area contributed by atoms with E-state index >= 15 is 0 Å². The number of imidazole rings is 1. The van der Waals surface area contributed by atoms with Gasteiger partial charge in [0.2, 0.25) is 0 Å². The van der Waals surface area contributed by atoms with Crippen molar-refractivity contribution in [2.75, 3.05) is 7.11 Å². The SMILES string of the molecule is COc1cc(F)ccc1-c1cnc(C)[nH]1. The summed E-state index contributed by atoms with van der Waals surface area (Å²) in [4.78, 5) is 7.16. The molecule has 0 amide bonds. The van der Waals surface area contributed by atoms with Gasteiger partial charge in [-0.3, -0.25) is 0 Å². The zero-order valence-corrected chi connectivity index (χ0v) is 8.54. The third kappa shape index (κ3) is 1.83. The summed E-state index contributed by atoms with van der Waals surface area (Å²) in [5.74, 6) is 1.00. The Labute approximate surface area is 86.9 Å². The molecule has 15 heavy (non-hydrogen) atoms. The van der Waals surface area contributed by atoms with Crippen LogP contribution in [0.25, 0.3) is 11.3 Å². The molecule has 2 rings (SSSR count). The third-order valence-electron chi connectivity index (χ3n) is 2.16. The fraction of sp³-hybridized carbons (Fsp3) is 0.182. The molecule has 0 aliphatic rings. The highest BCUT2D eigenvalue weighted by Crippen LogP contribution is 2.28. The number of nitrogens with one attached hydrogen (secondary N) is 1. The van der Waals surface area contributed by atoms with Crippen molar-refractivity contribution in [2.24, 2.45) is 0 Å². The molecule has 0 fully saturated rings. The Bertz CT molecular complexity index is 479. The first kappa shape index (κ1) is 9.71. The van der Waals surface area contributed by atoms with Gasteiger partial charge in [0, 0.05) is 11.6 Å². The van der Waals surface area contributed by atoms with Crippen molar-refractivity contribution in [2.45, 2.75) is 6.92 Å². The van der Waals surface area contributed by atoms with Gasteiger partial charge in [-0.15, -0.1) is 0 Å². The average molecular weight is 206 g/mol. The Morgan fingerprint density at radius 2 is 2.20 bits per heavy atom. The van der Waals surface area contributed by atoms with Crippen molar-refractivity contribution in [3.8, 4) is 17.0 Å². The number of ether oxygens (including phenoxy) is 1. The maximum absolute atomic E-state index is 12.9. The minimum Gasteiger partial charge on any atom is -0.496 e. The van der Waals surface area contributed by atoms with E-state index in [4.69, 9.17) is 4.74 Å². The van der Waals surface area contributed by atoms with E-state index in [1.807, 2.05) is 6.92 Å². The first-order valence-electron chi connectivity index (χ1n) is 4.56. The molecule has 0 saturated heterocycles. The highest BCUT2D eigenvalue weighted by molar-refractivity contribution is 5.66. The van der Waals surface area contributed by atoms with E-state index in [2.05, 4.69) is 9.97 Å². The van der Waals surface area contributed by atoms with Crippen LogP contribution in [0.2, 0.25) is 0 Å². The van der Waals surface area contributed by atoms with E-state index < -0.39 is 0 Å². The van der Waals surface area contributed by atoms with Crippen molar-refractivity contribution in [1.82, 2.24) is 9.97 Å². The van der Waals surface area contributed by atoms with Crippen molar-refractivity contribution in [1.29, 1.82) is 0 Å². The molecule has 1 aromatic heterocycles. The van der Waals surface area contributed by atoms with E-state index in [0.29, 0.717) is 5.75 Å². The molecule has 0 aliphatic heterocycles. The van der Waals surface area contributed by atoms with Gasteiger partial charge in [0.1, 0.15) is 17.4 Å². The summed E-state index contributed by atoms with van der Waals surface area (Å²) in [7, 11) is 1.52. The highest BCUT2D eigenvalue weighted by Gasteiger charge is 2.08. The van der Waals surface area contributed by atoms with Crippen LogP contribution in [0, 0.1) is 12.7 Å². The van der Waals surface area contributed by atoms with Crippen molar-refractivity contribution in [3.63, 3.8) is 0 Å². The molecule has 4 heteroatoms. The minimum absolute atomic E-state index is 0.313.